The summed E-state index contributed by atoms with van der Waals surface area (Å²) in [7, 11) is -3.71. The molecule has 0 aliphatic carbocycles. The summed E-state index contributed by atoms with van der Waals surface area (Å²) in [6, 6.07) is 0. The minimum Gasteiger partial charge on any atom is -0.302 e. The van der Waals surface area contributed by atoms with Gasteiger partial charge >= 0.3 is 14.0 Å². The van der Waals surface area contributed by atoms with E-state index in [2.05, 4.69) is 22.2 Å². The molecule has 1 unspecified atom stereocenters. The Hall–Kier alpha value is -0.360. The molecule has 0 saturated heterocycles. The van der Waals surface area contributed by atoms with Crippen LogP contribution in [0.3, 0.4) is 0 Å². The molecule has 0 fully saturated rings. The van der Waals surface area contributed by atoms with E-state index in [4.69, 9.17) is 4.89 Å². The first-order valence-electron chi connectivity index (χ1n) is 2.87. The van der Waals surface area contributed by atoms with Crippen molar-refractivity contribution in [2.45, 2.75) is 6.18 Å². The average molecular weight is 222 g/mol. The van der Waals surface area contributed by atoms with Gasteiger partial charge in [0, 0.05) is 7.11 Å². The van der Waals surface area contributed by atoms with Crippen LogP contribution < -0.4 is 0 Å². The van der Waals surface area contributed by atoms with E-state index in [0.717, 1.165) is 7.11 Å². The number of hydrogen-bond acceptors (Lipinski definition) is 3. The smallest absolute Gasteiger partial charge is 0.302 e. The molecule has 1 N–H and O–H groups in total. The Morgan fingerprint density at radius 1 is 1.46 bits per heavy atom. The van der Waals surface area contributed by atoms with Crippen LogP contribution in [0.1, 0.15) is 0 Å². The summed E-state index contributed by atoms with van der Waals surface area (Å²) in [6.45, 7) is 4.20. The molecular formula is C5H10F3O4P. The lowest BCUT2D eigenvalue weighted by atomic mass is 10.7. The van der Waals surface area contributed by atoms with Crippen molar-refractivity contribution in [3.05, 3.63) is 13.2 Å². The highest BCUT2D eigenvalue weighted by Gasteiger charge is 2.32. The molecule has 0 aromatic carbocycles. The first-order valence-corrected chi connectivity index (χ1v) is 4.36. The lowest BCUT2D eigenvalue weighted by Crippen LogP contribution is -2.16. The third kappa shape index (κ3) is 11.6. The van der Waals surface area contributed by atoms with E-state index in [1.54, 1.807) is 0 Å². The number of phosphoric ester groups is 1. The van der Waals surface area contributed by atoms with Crippen LogP contribution in [0.4, 0.5) is 13.2 Å². The number of alkyl halides is 3. The average Bonchev–Trinajstić information content (AvgIpc) is 2.04. The van der Waals surface area contributed by atoms with Crippen molar-refractivity contribution in [3.63, 3.8) is 0 Å². The third-order valence-corrected chi connectivity index (χ3v) is 1.54. The van der Waals surface area contributed by atoms with Crippen molar-refractivity contribution in [3.8, 4) is 0 Å². The number of phosphoric acid groups is 1. The van der Waals surface area contributed by atoms with Crippen LogP contribution in [-0.2, 0) is 13.6 Å². The number of rotatable bonds is 3. The van der Waals surface area contributed by atoms with Crippen molar-refractivity contribution in [1.29, 1.82) is 0 Å². The lowest BCUT2D eigenvalue weighted by Gasteiger charge is -2.10. The van der Waals surface area contributed by atoms with E-state index in [9.17, 15) is 17.7 Å². The Morgan fingerprint density at radius 3 is 2.08 bits per heavy atom. The summed E-state index contributed by atoms with van der Waals surface area (Å²) in [5.41, 5.74) is 0. The van der Waals surface area contributed by atoms with E-state index >= 15 is 0 Å². The molecule has 0 spiro atoms. The normalized spacial score (nSPS) is 15.5. The van der Waals surface area contributed by atoms with Crippen LogP contribution in [0.2, 0.25) is 0 Å². The molecule has 0 heterocycles. The van der Waals surface area contributed by atoms with Gasteiger partial charge in [0.25, 0.3) is 0 Å². The molecule has 13 heavy (non-hydrogen) atoms. The molecule has 0 aromatic heterocycles. The van der Waals surface area contributed by atoms with Crippen LogP contribution in [0.5, 0.6) is 0 Å². The molecule has 0 aliphatic rings. The Bertz CT molecular complexity index is 181. The van der Waals surface area contributed by atoms with E-state index < -0.39 is 20.6 Å². The zero-order valence-corrected chi connectivity index (χ0v) is 7.77. The van der Waals surface area contributed by atoms with Crippen molar-refractivity contribution in [1.82, 2.24) is 0 Å². The maximum absolute atomic E-state index is 11.3. The van der Waals surface area contributed by atoms with Crippen LogP contribution in [0.15, 0.2) is 13.2 Å². The zero-order valence-electron chi connectivity index (χ0n) is 6.87. The van der Waals surface area contributed by atoms with Gasteiger partial charge in [0.2, 0.25) is 0 Å². The second-order valence-electron chi connectivity index (χ2n) is 1.54. The number of halogens is 3. The minimum atomic E-state index is -4.63. The van der Waals surface area contributed by atoms with Gasteiger partial charge in [-0.25, -0.2) is 4.57 Å². The maximum atomic E-state index is 11.3. The van der Waals surface area contributed by atoms with Crippen LogP contribution in [-0.4, -0.2) is 24.8 Å². The summed E-state index contributed by atoms with van der Waals surface area (Å²) in [5, 5.41) is 0. The van der Waals surface area contributed by atoms with Gasteiger partial charge in [-0.1, -0.05) is 0 Å². The Kier molecular flexibility index (Phi) is 7.15. The lowest BCUT2D eigenvalue weighted by molar-refractivity contribution is -0.157. The van der Waals surface area contributed by atoms with Crippen molar-refractivity contribution in [2.24, 2.45) is 0 Å². The zero-order chi connectivity index (χ0) is 11.1. The Labute approximate surface area is 73.6 Å². The van der Waals surface area contributed by atoms with Gasteiger partial charge in [0.1, 0.15) is 0 Å². The molecule has 1 atom stereocenters. The fraction of sp³-hybridized carbons (Fsp3) is 0.600. The summed E-state index contributed by atoms with van der Waals surface area (Å²) >= 11 is 0. The predicted octanol–water partition coefficient (Wildman–Crippen LogP) is 2.11. The molecular weight excluding hydrogens is 212 g/mol. The maximum Gasteiger partial charge on any atom is 0.472 e. The largest absolute Gasteiger partial charge is 0.472 e. The SMILES string of the molecule is C=C.COP(=O)(O)OCC(F)(F)F. The Morgan fingerprint density at radius 2 is 1.85 bits per heavy atom. The standard InChI is InChI=1S/C3H6F3O4P.C2H4/c1-9-11(7,8)10-2-3(4,5)6;1-2/h2H2,1H3,(H,7,8);1-2H2. The first-order chi connectivity index (χ1) is 5.77. The van der Waals surface area contributed by atoms with E-state index in [-0.39, 0.29) is 0 Å². The molecule has 0 saturated carbocycles. The van der Waals surface area contributed by atoms with Crippen LogP contribution >= 0.6 is 7.82 Å². The summed E-state index contributed by atoms with van der Waals surface area (Å²) < 4.78 is 51.4. The highest BCUT2D eigenvalue weighted by molar-refractivity contribution is 7.47. The monoisotopic (exact) mass is 222 g/mol. The summed E-state index contributed by atoms with van der Waals surface area (Å²) in [6.07, 6.45) is -4.63. The van der Waals surface area contributed by atoms with Crippen LogP contribution in [0.25, 0.3) is 0 Å². The number of hydrogen-bond donors (Lipinski definition) is 1. The van der Waals surface area contributed by atoms with Crippen molar-refractivity contribution >= 4 is 7.82 Å². The summed E-state index contributed by atoms with van der Waals surface area (Å²) in [4.78, 5) is 8.30. The van der Waals surface area contributed by atoms with E-state index in [1.807, 2.05) is 0 Å². The minimum absolute atomic E-state index is 0.775. The molecule has 80 valence electrons. The van der Waals surface area contributed by atoms with Gasteiger partial charge in [0.15, 0.2) is 6.61 Å². The van der Waals surface area contributed by atoms with E-state index in [1.165, 1.54) is 0 Å². The summed E-state index contributed by atoms with van der Waals surface area (Å²) in [5.74, 6) is 0. The fourth-order valence-electron chi connectivity index (χ4n) is 0.207. The molecule has 4 nitrogen and oxygen atoms in total. The van der Waals surface area contributed by atoms with Crippen molar-refractivity contribution < 1.29 is 31.7 Å². The van der Waals surface area contributed by atoms with Gasteiger partial charge in [-0.05, 0) is 0 Å². The molecule has 0 aromatic rings. The van der Waals surface area contributed by atoms with Crippen molar-refractivity contribution in [2.75, 3.05) is 13.7 Å². The predicted molar refractivity (Wildman–Crippen MR) is 40.1 cm³/mol. The van der Waals surface area contributed by atoms with E-state index in [0.29, 0.717) is 0 Å². The molecule has 0 aliphatic heterocycles. The van der Waals surface area contributed by atoms with Crippen LogP contribution in [0, 0.1) is 0 Å². The third-order valence-electron chi connectivity index (χ3n) is 0.622. The van der Waals surface area contributed by atoms with Gasteiger partial charge < -0.3 is 4.89 Å². The van der Waals surface area contributed by atoms with Gasteiger partial charge in [-0.15, -0.1) is 13.2 Å². The molecule has 8 heteroatoms. The second-order valence-corrected chi connectivity index (χ2v) is 3.10. The van der Waals surface area contributed by atoms with Gasteiger partial charge in [-0.3, -0.25) is 9.05 Å². The topological polar surface area (TPSA) is 55.8 Å². The highest BCUT2D eigenvalue weighted by Crippen LogP contribution is 2.43. The van der Waals surface area contributed by atoms with Gasteiger partial charge in [-0.2, -0.15) is 13.2 Å². The highest BCUT2D eigenvalue weighted by atomic mass is 31.2. The molecule has 0 rings (SSSR count). The second kappa shape index (κ2) is 6.15. The first kappa shape index (κ1) is 15.1. The quantitative estimate of drug-likeness (QED) is 0.586. The van der Waals surface area contributed by atoms with Gasteiger partial charge in [0.05, 0.1) is 0 Å². The fourth-order valence-corrected chi connectivity index (χ4v) is 0.622. The molecule has 0 radical (unpaired) electrons. The Balaban J connectivity index is 0. The molecule has 0 amide bonds. The molecule has 0 bridgehead atoms.